The SMILES string of the molecule is C=CC(C)(C)[C@@]12C[C@H]3C(=O)N[C@H]([C@@H](C)CC)C(=O)N3[C@@H]1NC1=C2CCCC1. The zero-order valence-electron chi connectivity index (χ0n) is 17.1. The van der Waals surface area contributed by atoms with Crippen molar-refractivity contribution >= 4 is 11.8 Å². The Morgan fingerprint density at radius 3 is 2.67 bits per heavy atom. The van der Waals surface area contributed by atoms with Crippen LogP contribution in [0.1, 0.15) is 66.2 Å². The molecule has 0 radical (unpaired) electrons. The first kappa shape index (κ1) is 18.6. The van der Waals surface area contributed by atoms with Gasteiger partial charge in [0.05, 0.1) is 0 Å². The quantitative estimate of drug-likeness (QED) is 0.747. The predicted octanol–water partition coefficient (Wildman–Crippen LogP) is 3.09. The summed E-state index contributed by atoms with van der Waals surface area (Å²) in [5, 5.41) is 6.76. The molecule has 148 valence electrons. The van der Waals surface area contributed by atoms with E-state index in [1.54, 1.807) is 0 Å². The van der Waals surface area contributed by atoms with Crippen LogP contribution < -0.4 is 10.6 Å². The van der Waals surface area contributed by atoms with Gasteiger partial charge < -0.3 is 15.5 Å². The van der Waals surface area contributed by atoms with E-state index < -0.39 is 6.04 Å². The fraction of sp³-hybridized carbons (Fsp3) is 0.727. The van der Waals surface area contributed by atoms with Crippen LogP contribution in [0.4, 0.5) is 0 Å². The van der Waals surface area contributed by atoms with Gasteiger partial charge in [0.1, 0.15) is 18.2 Å². The molecule has 5 nitrogen and oxygen atoms in total. The molecule has 2 fully saturated rings. The monoisotopic (exact) mass is 371 g/mol. The van der Waals surface area contributed by atoms with Gasteiger partial charge in [-0.1, -0.05) is 40.2 Å². The molecule has 0 aromatic carbocycles. The Hall–Kier alpha value is -1.78. The number of nitrogens with zero attached hydrogens (tertiary/aromatic N) is 1. The Labute approximate surface area is 162 Å². The van der Waals surface area contributed by atoms with Crippen LogP contribution in [0.15, 0.2) is 23.9 Å². The van der Waals surface area contributed by atoms with E-state index in [2.05, 4.69) is 38.0 Å². The van der Waals surface area contributed by atoms with Gasteiger partial charge in [0.15, 0.2) is 0 Å². The number of fused-ring (bicyclic) bond motifs is 4. The number of hydrogen-bond acceptors (Lipinski definition) is 3. The molecule has 5 heteroatoms. The van der Waals surface area contributed by atoms with Gasteiger partial charge in [-0.05, 0) is 49.0 Å². The molecule has 5 atom stereocenters. The van der Waals surface area contributed by atoms with Crippen molar-refractivity contribution in [2.24, 2.45) is 16.7 Å². The average Bonchev–Trinajstić information content (AvgIpc) is 3.17. The van der Waals surface area contributed by atoms with Gasteiger partial charge in [-0.3, -0.25) is 9.59 Å². The first-order valence-corrected chi connectivity index (χ1v) is 10.5. The van der Waals surface area contributed by atoms with Crippen molar-refractivity contribution in [2.75, 3.05) is 0 Å². The highest BCUT2D eigenvalue weighted by molar-refractivity contribution is 5.98. The Balaban J connectivity index is 1.82. The third-order valence-electron chi connectivity index (χ3n) is 7.91. The summed E-state index contributed by atoms with van der Waals surface area (Å²) in [5.41, 5.74) is 2.31. The lowest BCUT2D eigenvalue weighted by Gasteiger charge is -2.46. The standard InChI is InChI=1S/C22H33N3O2/c1-6-13(3)17-19(27)25-16(18(26)24-17)12-22(21(4,5)7-2)14-10-8-9-11-15(14)23-20(22)25/h7,13,16-17,20,23H,2,6,8-12H2,1,3-5H3,(H,24,26)/t13-,16-,17+,20-,22+/m0/s1. The summed E-state index contributed by atoms with van der Waals surface area (Å²) in [5.74, 6) is 0.218. The van der Waals surface area contributed by atoms with E-state index in [1.165, 1.54) is 24.1 Å². The van der Waals surface area contributed by atoms with Crippen molar-refractivity contribution in [2.45, 2.75) is 84.5 Å². The second kappa shape index (κ2) is 6.11. The summed E-state index contributed by atoms with van der Waals surface area (Å²) in [6.45, 7) is 12.7. The number of allylic oxidation sites excluding steroid dienone is 2. The fourth-order valence-electron chi connectivity index (χ4n) is 5.91. The molecule has 0 saturated carbocycles. The van der Waals surface area contributed by atoms with Crippen LogP contribution in [0, 0.1) is 16.7 Å². The van der Waals surface area contributed by atoms with Crippen LogP contribution >= 0.6 is 0 Å². The number of nitrogens with one attached hydrogen (secondary N) is 2. The van der Waals surface area contributed by atoms with Crippen molar-refractivity contribution < 1.29 is 9.59 Å². The third-order valence-corrected chi connectivity index (χ3v) is 7.91. The maximum Gasteiger partial charge on any atom is 0.247 e. The third kappa shape index (κ3) is 2.29. The van der Waals surface area contributed by atoms with Crippen molar-refractivity contribution in [1.29, 1.82) is 0 Å². The molecular formula is C22H33N3O2. The lowest BCUT2D eigenvalue weighted by atomic mass is 9.58. The molecule has 0 unspecified atom stereocenters. The first-order valence-electron chi connectivity index (χ1n) is 10.5. The molecule has 1 aliphatic carbocycles. The molecule has 4 rings (SSSR count). The molecule has 0 aromatic heterocycles. The summed E-state index contributed by atoms with van der Waals surface area (Å²) in [7, 11) is 0. The van der Waals surface area contributed by atoms with E-state index in [-0.39, 0.29) is 40.8 Å². The Kier molecular flexibility index (Phi) is 4.21. The van der Waals surface area contributed by atoms with Gasteiger partial charge in [0.2, 0.25) is 11.8 Å². The van der Waals surface area contributed by atoms with Crippen LogP contribution in [0.5, 0.6) is 0 Å². The molecular weight excluding hydrogens is 338 g/mol. The summed E-state index contributed by atoms with van der Waals surface area (Å²) < 4.78 is 0. The number of hydrogen-bond donors (Lipinski definition) is 2. The minimum atomic E-state index is -0.416. The van der Waals surface area contributed by atoms with Crippen LogP contribution in [-0.2, 0) is 9.59 Å². The molecule has 0 bridgehead atoms. The van der Waals surface area contributed by atoms with Gasteiger partial charge in [-0.2, -0.15) is 0 Å². The largest absolute Gasteiger partial charge is 0.368 e. The van der Waals surface area contributed by atoms with Crippen molar-refractivity contribution in [3.63, 3.8) is 0 Å². The zero-order chi connectivity index (χ0) is 19.6. The first-order chi connectivity index (χ1) is 12.8. The minimum Gasteiger partial charge on any atom is -0.368 e. The summed E-state index contributed by atoms with van der Waals surface area (Å²) >= 11 is 0. The number of piperazine rings is 1. The van der Waals surface area contributed by atoms with E-state index >= 15 is 0 Å². The summed E-state index contributed by atoms with van der Waals surface area (Å²) in [6, 6.07) is -0.800. The molecule has 27 heavy (non-hydrogen) atoms. The Bertz CT molecular complexity index is 725. The molecule has 2 saturated heterocycles. The second-order valence-corrected chi connectivity index (χ2v) is 9.45. The zero-order valence-corrected chi connectivity index (χ0v) is 17.1. The maximum atomic E-state index is 13.5. The van der Waals surface area contributed by atoms with Crippen molar-refractivity contribution in [3.8, 4) is 0 Å². The highest BCUT2D eigenvalue weighted by atomic mass is 16.2. The van der Waals surface area contributed by atoms with Crippen LogP contribution in [0.3, 0.4) is 0 Å². The van der Waals surface area contributed by atoms with Gasteiger partial charge >= 0.3 is 0 Å². The van der Waals surface area contributed by atoms with Gasteiger partial charge in [-0.15, -0.1) is 6.58 Å². The molecule has 3 aliphatic heterocycles. The number of carbonyl (C=O) groups is 2. The highest BCUT2D eigenvalue weighted by Gasteiger charge is 2.67. The van der Waals surface area contributed by atoms with E-state index in [4.69, 9.17) is 0 Å². The summed E-state index contributed by atoms with van der Waals surface area (Å²) in [6.07, 6.45) is 7.93. The molecule has 2 N–H and O–H groups in total. The van der Waals surface area contributed by atoms with Crippen molar-refractivity contribution in [1.82, 2.24) is 15.5 Å². The van der Waals surface area contributed by atoms with E-state index in [0.29, 0.717) is 6.42 Å². The normalized spacial score (nSPS) is 36.6. The van der Waals surface area contributed by atoms with Gasteiger partial charge in [0.25, 0.3) is 0 Å². The lowest BCUT2D eigenvalue weighted by Crippen LogP contribution is -2.66. The molecule has 4 aliphatic rings. The topological polar surface area (TPSA) is 61.4 Å². The highest BCUT2D eigenvalue weighted by Crippen LogP contribution is 2.62. The lowest BCUT2D eigenvalue weighted by molar-refractivity contribution is -0.151. The maximum absolute atomic E-state index is 13.5. The summed E-state index contributed by atoms with van der Waals surface area (Å²) in [4.78, 5) is 28.4. The van der Waals surface area contributed by atoms with Gasteiger partial charge in [0, 0.05) is 11.1 Å². The van der Waals surface area contributed by atoms with E-state index in [1.807, 2.05) is 17.9 Å². The Morgan fingerprint density at radius 1 is 1.30 bits per heavy atom. The predicted molar refractivity (Wildman–Crippen MR) is 105 cm³/mol. The minimum absolute atomic E-state index is 0.00768. The average molecular weight is 372 g/mol. The number of carbonyl (C=O) groups excluding carboxylic acids is 2. The molecule has 0 aromatic rings. The van der Waals surface area contributed by atoms with Crippen LogP contribution in [-0.4, -0.2) is 35.0 Å². The van der Waals surface area contributed by atoms with Gasteiger partial charge in [-0.25, -0.2) is 0 Å². The molecule has 2 amide bonds. The van der Waals surface area contributed by atoms with Crippen LogP contribution in [0.2, 0.25) is 0 Å². The molecule has 0 spiro atoms. The second-order valence-electron chi connectivity index (χ2n) is 9.45. The van der Waals surface area contributed by atoms with Crippen molar-refractivity contribution in [3.05, 3.63) is 23.9 Å². The van der Waals surface area contributed by atoms with Crippen LogP contribution in [0.25, 0.3) is 0 Å². The Morgan fingerprint density at radius 2 is 2.00 bits per heavy atom. The number of amides is 2. The number of rotatable bonds is 4. The van der Waals surface area contributed by atoms with E-state index in [9.17, 15) is 9.59 Å². The smallest absolute Gasteiger partial charge is 0.247 e. The molecule has 3 heterocycles. The fourth-order valence-corrected chi connectivity index (χ4v) is 5.91. The van der Waals surface area contributed by atoms with E-state index in [0.717, 1.165) is 19.3 Å².